The van der Waals surface area contributed by atoms with Crippen LogP contribution in [0.15, 0.2) is 34.9 Å². The van der Waals surface area contributed by atoms with E-state index in [0.29, 0.717) is 0 Å². The molecule has 5 nitrogen and oxygen atoms in total. The molecule has 1 aromatic carbocycles. The molecule has 0 aromatic heterocycles. The quantitative estimate of drug-likeness (QED) is 0.816. The summed E-state index contributed by atoms with van der Waals surface area (Å²) in [5.41, 5.74) is 0.956. The average Bonchev–Trinajstić information content (AvgIpc) is 2.40. The number of ether oxygens (including phenoxy) is 1. The number of carbonyl (C=O) groups excluding carboxylic acids is 2. The normalized spacial score (nSPS) is 10.2. The van der Waals surface area contributed by atoms with E-state index < -0.39 is 0 Å². The molecule has 0 aliphatic heterocycles. The zero-order chi connectivity index (χ0) is 14.1. The van der Waals surface area contributed by atoms with Gasteiger partial charge in [0.2, 0.25) is 0 Å². The van der Waals surface area contributed by atoms with Crippen molar-refractivity contribution in [3.05, 3.63) is 40.5 Å². The van der Waals surface area contributed by atoms with Crippen molar-refractivity contribution < 1.29 is 14.3 Å². The Morgan fingerprint density at radius 3 is 2.79 bits per heavy atom. The number of benzene rings is 1. The second kappa shape index (κ2) is 8.31. The molecule has 2 N–H and O–H groups in total. The standard InChI is InChI=1S/C13H15BrN2O3/c1-19-12(17)7-9-16-13(18)15-8-6-10-4-2-3-5-11(10)14/h2-6,8H,7,9H2,1H3,(H2,15,16,18)/b8-6+. The summed E-state index contributed by atoms with van der Waals surface area (Å²) in [5.74, 6) is -0.357. The Bertz CT molecular complexity index is 475. The number of urea groups is 1. The summed E-state index contributed by atoms with van der Waals surface area (Å²) in [7, 11) is 1.31. The summed E-state index contributed by atoms with van der Waals surface area (Å²) in [6.45, 7) is 0.237. The Balaban J connectivity index is 2.30. The highest BCUT2D eigenvalue weighted by molar-refractivity contribution is 9.10. The van der Waals surface area contributed by atoms with Crippen molar-refractivity contribution in [3.63, 3.8) is 0 Å². The van der Waals surface area contributed by atoms with Crippen molar-refractivity contribution in [1.29, 1.82) is 0 Å². The van der Waals surface area contributed by atoms with Crippen LogP contribution in [-0.2, 0) is 9.53 Å². The molecule has 2 amide bonds. The molecule has 0 spiro atoms. The summed E-state index contributed by atoms with van der Waals surface area (Å²) >= 11 is 3.40. The molecule has 0 atom stereocenters. The minimum atomic E-state index is -0.368. The summed E-state index contributed by atoms with van der Waals surface area (Å²) in [4.78, 5) is 22.2. The minimum absolute atomic E-state index is 0.151. The lowest BCUT2D eigenvalue weighted by Gasteiger charge is -2.03. The number of esters is 1. The van der Waals surface area contributed by atoms with Crippen molar-refractivity contribution in [1.82, 2.24) is 10.6 Å². The topological polar surface area (TPSA) is 67.4 Å². The number of nitrogens with one attached hydrogen (secondary N) is 2. The van der Waals surface area contributed by atoms with Gasteiger partial charge in [-0.25, -0.2) is 4.79 Å². The van der Waals surface area contributed by atoms with Crippen LogP contribution in [-0.4, -0.2) is 25.7 Å². The fraction of sp³-hybridized carbons (Fsp3) is 0.231. The van der Waals surface area contributed by atoms with Crippen molar-refractivity contribution in [3.8, 4) is 0 Å². The number of methoxy groups -OCH3 is 1. The highest BCUT2D eigenvalue weighted by Gasteiger charge is 2.01. The molecule has 0 unspecified atom stereocenters. The van der Waals surface area contributed by atoms with Gasteiger partial charge in [0.1, 0.15) is 0 Å². The molecule has 1 rings (SSSR count). The molecule has 0 aliphatic rings. The highest BCUT2D eigenvalue weighted by atomic mass is 79.9. The summed E-state index contributed by atoms with van der Waals surface area (Å²) < 4.78 is 5.40. The highest BCUT2D eigenvalue weighted by Crippen LogP contribution is 2.16. The van der Waals surface area contributed by atoms with E-state index in [9.17, 15) is 9.59 Å². The third-order valence-corrected chi connectivity index (χ3v) is 2.95. The fourth-order valence-corrected chi connectivity index (χ4v) is 1.67. The van der Waals surface area contributed by atoms with Crippen LogP contribution in [0, 0.1) is 0 Å². The van der Waals surface area contributed by atoms with Crippen molar-refractivity contribution in [2.75, 3.05) is 13.7 Å². The lowest BCUT2D eigenvalue weighted by atomic mass is 10.2. The minimum Gasteiger partial charge on any atom is -0.469 e. The molecule has 0 saturated heterocycles. The van der Waals surface area contributed by atoms with Crippen molar-refractivity contribution in [2.24, 2.45) is 0 Å². The maximum atomic E-state index is 11.4. The Hall–Kier alpha value is -1.82. The molecule has 0 heterocycles. The number of halogens is 1. The zero-order valence-electron chi connectivity index (χ0n) is 10.5. The van der Waals surface area contributed by atoms with Gasteiger partial charge < -0.3 is 15.4 Å². The van der Waals surface area contributed by atoms with E-state index in [4.69, 9.17) is 0 Å². The van der Waals surface area contributed by atoms with Crippen LogP contribution >= 0.6 is 15.9 Å². The molecule has 1 aromatic rings. The van der Waals surface area contributed by atoms with Gasteiger partial charge in [-0.15, -0.1) is 0 Å². The summed E-state index contributed by atoms with van der Waals surface area (Å²) in [6, 6.07) is 7.27. The maximum Gasteiger partial charge on any atom is 0.318 e. The molecular weight excluding hydrogens is 312 g/mol. The number of rotatable bonds is 5. The Morgan fingerprint density at radius 1 is 1.37 bits per heavy atom. The molecule has 0 fully saturated rings. The van der Waals surface area contributed by atoms with E-state index in [-0.39, 0.29) is 25.0 Å². The van der Waals surface area contributed by atoms with Gasteiger partial charge in [-0.3, -0.25) is 4.79 Å². The van der Waals surface area contributed by atoms with Crippen LogP contribution in [0.25, 0.3) is 6.08 Å². The van der Waals surface area contributed by atoms with E-state index in [0.717, 1.165) is 10.0 Å². The van der Waals surface area contributed by atoms with Crippen LogP contribution in [0.5, 0.6) is 0 Å². The Labute approximate surface area is 120 Å². The predicted molar refractivity (Wildman–Crippen MR) is 76.3 cm³/mol. The number of amides is 2. The smallest absolute Gasteiger partial charge is 0.318 e. The van der Waals surface area contributed by atoms with Gasteiger partial charge in [-0.05, 0) is 17.7 Å². The molecule has 0 bridgehead atoms. The largest absolute Gasteiger partial charge is 0.469 e. The van der Waals surface area contributed by atoms with Crippen molar-refractivity contribution in [2.45, 2.75) is 6.42 Å². The first-order valence-electron chi connectivity index (χ1n) is 5.65. The van der Waals surface area contributed by atoms with Crippen LogP contribution < -0.4 is 10.6 Å². The first kappa shape index (κ1) is 15.2. The van der Waals surface area contributed by atoms with Crippen LogP contribution in [0.1, 0.15) is 12.0 Å². The number of hydrogen-bond acceptors (Lipinski definition) is 3. The summed E-state index contributed by atoms with van der Waals surface area (Å²) in [6.07, 6.45) is 3.45. The predicted octanol–water partition coefficient (Wildman–Crippen LogP) is 2.28. The first-order valence-corrected chi connectivity index (χ1v) is 6.45. The molecule has 0 saturated carbocycles. The van der Waals surface area contributed by atoms with E-state index in [1.165, 1.54) is 13.3 Å². The van der Waals surface area contributed by atoms with Gasteiger partial charge in [-0.1, -0.05) is 34.1 Å². The second-order valence-electron chi connectivity index (χ2n) is 3.58. The van der Waals surface area contributed by atoms with Gasteiger partial charge in [-0.2, -0.15) is 0 Å². The van der Waals surface area contributed by atoms with Gasteiger partial charge >= 0.3 is 12.0 Å². The lowest BCUT2D eigenvalue weighted by Crippen LogP contribution is -2.33. The molecule has 6 heteroatoms. The van der Waals surface area contributed by atoms with E-state index >= 15 is 0 Å². The molecule has 19 heavy (non-hydrogen) atoms. The molecular formula is C13H15BrN2O3. The van der Waals surface area contributed by atoms with Crippen LogP contribution in [0.3, 0.4) is 0 Å². The first-order chi connectivity index (χ1) is 9.13. The molecule has 0 radical (unpaired) electrons. The average molecular weight is 327 g/mol. The lowest BCUT2D eigenvalue weighted by molar-refractivity contribution is -0.140. The van der Waals surface area contributed by atoms with Gasteiger partial charge in [0.25, 0.3) is 0 Å². The van der Waals surface area contributed by atoms with Crippen molar-refractivity contribution >= 4 is 34.0 Å². The van der Waals surface area contributed by atoms with Gasteiger partial charge in [0.05, 0.1) is 13.5 Å². The molecule has 0 aliphatic carbocycles. The van der Waals surface area contributed by atoms with E-state index in [1.807, 2.05) is 24.3 Å². The number of hydrogen-bond donors (Lipinski definition) is 2. The van der Waals surface area contributed by atoms with Gasteiger partial charge in [0.15, 0.2) is 0 Å². The Kier molecular flexibility index (Phi) is 6.67. The van der Waals surface area contributed by atoms with E-state index in [2.05, 4.69) is 31.3 Å². The molecule has 102 valence electrons. The van der Waals surface area contributed by atoms with Gasteiger partial charge in [0, 0.05) is 17.2 Å². The van der Waals surface area contributed by atoms with E-state index in [1.54, 1.807) is 6.08 Å². The maximum absolute atomic E-state index is 11.4. The number of carbonyl (C=O) groups is 2. The third-order valence-electron chi connectivity index (χ3n) is 2.22. The van der Waals surface area contributed by atoms with Crippen LogP contribution in [0.2, 0.25) is 0 Å². The second-order valence-corrected chi connectivity index (χ2v) is 4.44. The fourth-order valence-electron chi connectivity index (χ4n) is 1.25. The Morgan fingerprint density at radius 2 is 2.11 bits per heavy atom. The third kappa shape index (κ3) is 6.05. The van der Waals surface area contributed by atoms with Crippen LogP contribution in [0.4, 0.5) is 4.79 Å². The monoisotopic (exact) mass is 326 g/mol. The zero-order valence-corrected chi connectivity index (χ0v) is 12.1. The SMILES string of the molecule is COC(=O)CCNC(=O)N/C=C/c1ccccc1Br. The summed E-state index contributed by atoms with van der Waals surface area (Å²) in [5, 5.41) is 5.08.